The maximum absolute atomic E-state index is 13.8. The summed E-state index contributed by atoms with van der Waals surface area (Å²) in [5.74, 6) is -1.04. The molecule has 3 amide bonds. The van der Waals surface area contributed by atoms with Crippen molar-refractivity contribution in [1.29, 1.82) is 0 Å². The van der Waals surface area contributed by atoms with Gasteiger partial charge in [0, 0.05) is 29.6 Å². The van der Waals surface area contributed by atoms with Crippen LogP contribution in [0, 0.1) is 6.92 Å². The molecular weight excluding hydrogens is 582 g/mol. The van der Waals surface area contributed by atoms with Crippen molar-refractivity contribution in [3.05, 3.63) is 81.4 Å². The van der Waals surface area contributed by atoms with Gasteiger partial charge in [0.05, 0.1) is 6.04 Å². The number of carbonyl (C=O) groups is 3. The lowest BCUT2D eigenvalue weighted by Crippen LogP contribution is -2.47. The third kappa shape index (κ3) is 6.94. The average Bonchev–Trinajstić information content (AvgIpc) is 3.73. The highest BCUT2D eigenvalue weighted by atomic mass is 32.1. The van der Waals surface area contributed by atoms with E-state index >= 15 is 0 Å². The highest BCUT2D eigenvalue weighted by Crippen LogP contribution is 2.35. The SMILES string of the molecule is Cc1csc(C2CCCN2C(=O)c2cc(-c3nnc(C(C)(Cc4ccccc4)NC(=O)OC(C)(C)C)o3)cc(C(N)=O)n2)n1. The molecule has 44 heavy (non-hydrogen) atoms. The van der Waals surface area contributed by atoms with Gasteiger partial charge in [0.1, 0.15) is 27.5 Å². The van der Waals surface area contributed by atoms with Gasteiger partial charge >= 0.3 is 6.09 Å². The van der Waals surface area contributed by atoms with Crippen molar-refractivity contribution in [3.8, 4) is 11.5 Å². The molecule has 1 aliphatic rings. The molecule has 0 saturated carbocycles. The van der Waals surface area contributed by atoms with E-state index in [1.807, 2.05) is 42.6 Å². The number of nitrogens with zero attached hydrogens (tertiary/aromatic N) is 5. The summed E-state index contributed by atoms with van der Waals surface area (Å²) in [5.41, 5.74) is 5.71. The van der Waals surface area contributed by atoms with E-state index in [0.29, 0.717) is 13.0 Å². The van der Waals surface area contributed by atoms with Crippen LogP contribution < -0.4 is 11.1 Å². The van der Waals surface area contributed by atoms with Crippen molar-refractivity contribution in [2.24, 2.45) is 5.73 Å². The third-order valence-electron chi connectivity index (χ3n) is 7.05. The van der Waals surface area contributed by atoms with Crippen molar-refractivity contribution in [2.45, 2.75) is 71.1 Å². The van der Waals surface area contributed by atoms with Gasteiger partial charge in [0.2, 0.25) is 11.8 Å². The molecule has 3 aromatic heterocycles. The number of alkyl carbamates (subject to hydrolysis) is 1. The van der Waals surface area contributed by atoms with Crippen LogP contribution in [-0.2, 0) is 16.7 Å². The third-order valence-corrected chi connectivity index (χ3v) is 8.12. The van der Waals surface area contributed by atoms with Gasteiger partial charge in [0.25, 0.3) is 11.8 Å². The predicted molar refractivity (Wildman–Crippen MR) is 163 cm³/mol. The van der Waals surface area contributed by atoms with Crippen LogP contribution in [0.15, 0.2) is 52.3 Å². The number of aromatic nitrogens is 4. The Hall–Kier alpha value is -4.65. The van der Waals surface area contributed by atoms with Crippen molar-refractivity contribution < 1.29 is 23.5 Å². The largest absolute Gasteiger partial charge is 0.444 e. The fourth-order valence-corrected chi connectivity index (χ4v) is 6.04. The van der Waals surface area contributed by atoms with Crippen LogP contribution in [0.5, 0.6) is 0 Å². The number of nitrogens with two attached hydrogens (primary N) is 1. The number of hydrogen-bond donors (Lipinski definition) is 2. The summed E-state index contributed by atoms with van der Waals surface area (Å²) < 4.78 is 11.6. The zero-order chi connectivity index (χ0) is 31.6. The molecule has 1 saturated heterocycles. The maximum atomic E-state index is 13.8. The van der Waals surface area contributed by atoms with E-state index in [0.717, 1.165) is 29.1 Å². The van der Waals surface area contributed by atoms with Crippen LogP contribution in [0.4, 0.5) is 4.79 Å². The fraction of sp³-hybridized carbons (Fsp3) is 0.387. The number of ether oxygens (including phenoxy) is 1. The van der Waals surface area contributed by atoms with Crippen molar-refractivity contribution in [1.82, 2.24) is 30.4 Å². The molecule has 3 N–H and O–H groups in total. The van der Waals surface area contributed by atoms with Gasteiger partial charge in [-0.1, -0.05) is 30.3 Å². The van der Waals surface area contributed by atoms with Crippen LogP contribution in [-0.4, -0.2) is 55.1 Å². The highest BCUT2D eigenvalue weighted by Gasteiger charge is 2.37. The lowest BCUT2D eigenvalue weighted by Gasteiger charge is -2.29. The molecule has 4 heterocycles. The molecule has 0 spiro atoms. The molecule has 2 atom stereocenters. The zero-order valence-corrected chi connectivity index (χ0v) is 26.1. The highest BCUT2D eigenvalue weighted by molar-refractivity contribution is 7.09. The summed E-state index contributed by atoms with van der Waals surface area (Å²) >= 11 is 1.51. The van der Waals surface area contributed by atoms with Gasteiger partial charge < -0.3 is 25.1 Å². The Morgan fingerprint density at radius 3 is 2.48 bits per heavy atom. The van der Waals surface area contributed by atoms with Crippen molar-refractivity contribution >= 4 is 29.2 Å². The van der Waals surface area contributed by atoms with Gasteiger partial charge in [0.15, 0.2) is 0 Å². The number of aryl methyl sites for hydroxylation is 1. The van der Waals surface area contributed by atoms with Crippen LogP contribution in [0.2, 0.25) is 0 Å². The fourth-order valence-electron chi connectivity index (χ4n) is 5.10. The molecule has 4 aromatic rings. The molecule has 0 aliphatic carbocycles. The van der Waals surface area contributed by atoms with Crippen molar-refractivity contribution in [3.63, 3.8) is 0 Å². The van der Waals surface area contributed by atoms with E-state index in [1.54, 1.807) is 32.6 Å². The molecule has 1 aliphatic heterocycles. The van der Waals surface area contributed by atoms with Gasteiger partial charge in [-0.25, -0.2) is 14.8 Å². The molecule has 13 heteroatoms. The summed E-state index contributed by atoms with van der Waals surface area (Å²) in [6.45, 7) is 9.51. The molecule has 5 rings (SSSR count). The quantitative estimate of drug-likeness (QED) is 0.278. The second kappa shape index (κ2) is 12.2. The van der Waals surface area contributed by atoms with Crippen LogP contribution in [0.3, 0.4) is 0 Å². The first-order valence-corrected chi connectivity index (χ1v) is 15.1. The first-order chi connectivity index (χ1) is 20.8. The van der Waals surface area contributed by atoms with E-state index in [1.165, 1.54) is 23.5 Å². The molecule has 12 nitrogen and oxygen atoms in total. The van der Waals surface area contributed by atoms with Gasteiger partial charge in [-0.05, 0) is 65.2 Å². The number of amides is 3. The smallest absolute Gasteiger partial charge is 0.408 e. The van der Waals surface area contributed by atoms with Gasteiger partial charge in [-0.15, -0.1) is 21.5 Å². The summed E-state index contributed by atoms with van der Waals surface area (Å²) in [4.78, 5) is 49.5. The van der Waals surface area contributed by atoms with Gasteiger partial charge in [-0.3, -0.25) is 9.59 Å². The number of hydrogen-bond acceptors (Lipinski definition) is 10. The zero-order valence-electron chi connectivity index (χ0n) is 25.3. The summed E-state index contributed by atoms with van der Waals surface area (Å²) in [6, 6.07) is 12.2. The number of carbonyl (C=O) groups excluding carboxylic acids is 3. The molecule has 230 valence electrons. The number of nitrogens with one attached hydrogen (secondary N) is 1. The lowest BCUT2D eigenvalue weighted by molar-refractivity contribution is 0.0443. The Morgan fingerprint density at radius 2 is 1.82 bits per heavy atom. The summed E-state index contributed by atoms with van der Waals surface area (Å²) in [6.07, 6.45) is 1.25. The van der Waals surface area contributed by atoms with Crippen LogP contribution in [0.25, 0.3) is 11.5 Å². The average molecular weight is 618 g/mol. The number of primary amides is 1. The Labute approximate surface area is 259 Å². The number of rotatable bonds is 8. The minimum absolute atomic E-state index is 0.0233. The number of pyridine rings is 1. The molecule has 1 fully saturated rings. The van der Waals surface area contributed by atoms with E-state index in [2.05, 4.69) is 25.5 Å². The molecule has 0 radical (unpaired) electrons. The topological polar surface area (TPSA) is 166 Å². The first kappa shape index (κ1) is 30.8. The monoisotopic (exact) mass is 617 g/mol. The molecule has 2 unspecified atom stereocenters. The number of likely N-dealkylation sites (tertiary alicyclic amines) is 1. The summed E-state index contributed by atoms with van der Waals surface area (Å²) in [5, 5.41) is 14.2. The number of thiazole rings is 1. The Bertz CT molecular complexity index is 1680. The van der Waals surface area contributed by atoms with E-state index in [-0.39, 0.29) is 40.7 Å². The normalized spacial score (nSPS) is 16.4. The Balaban J connectivity index is 1.49. The van der Waals surface area contributed by atoms with Crippen LogP contribution >= 0.6 is 11.3 Å². The second-order valence-corrected chi connectivity index (χ2v) is 12.9. The van der Waals surface area contributed by atoms with E-state index < -0.39 is 23.1 Å². The molecule has 0 bridgehead atoms. The number of benzene rings is 1. The minimum atomic E-state index is -1.16. The lowest BCUT2D eigenvalue weighted by atomic mass is 9.92. The van der Waals surface area contributed by atoms with Crippen molar-refractivity contribution in [2.75, 3.05) is 6.54 Å². The standard InChI is InChI=1S/C31H35N7O5S/c1-18-17-44-26(33-18)23-12-9-13-38(23)27(40)22-15-20(14-21(34-22)24(32)39)25-36-37-28(42-25)31(5,16-19-10-7-6-8-11-19)35-29(41)43-30(2,3)4/h6-8,10-11,14-15,17,23H,9,12-13,16H2,1-5H3,(H2,32,39)(H,35,41). The molecule has 1 aromatic carbocycles. The van der Waals surface area contributed by atoms with E-state index in [9.17, 15) is 14.4 Å². The van der Waals surface area contributed by atoms with Crippen LogP contribution in [0.1, 0.15) is 89.7 Å². The second-order valence-electron chi connectivity index (χ2n) is 12.0. The Morgan fingerprint density at radius 1 is 1.09 bits per heavy atom. The summed E-state index contributed by atoms with van der Waals surface area (Å²) in [7, 11) is 0. The molecular formula is C31H35N7O5S. The predicted octanol–water partition coefficient (Wildman–Crippen LogP) is 4.96. The first-order valence-electron chi connectivity index (χ1n) is 14.3. The van der Waals surface area contributed by atoms with E-state index in [4.69, 9.17) is 14.9 Å². The Kier molecular flexibility index (Phi) is 8.51. The minimum Gasteiger partial charge on any atom is -0.444 e. The maximum Gasteiger partial charge on any atom is 0.408 e. The van der Waals surface area contributed by atoms with Gasteiger partial charge in [-0.2, -0.15) is 0 Å².